The Morgan fingerprint density at radius 3 is 2.74 bits per heavy atom. The summed E-state index contributed by atoms with van der Waals surface area (Å²) in [6.07, 6.45) is 7.98. The van der Waals surface area contributed by atoms with Gasteiger partial charge in [-0.25, -0.2) is 0 Å². The first-order chi connectivity index (χ1) is 9.36. The van der Waals surface area contributed by atoms with E-state index in [-0.39, 0.29) is 0 Å². The normalized spacial score (nSPS) is 30.1. The van der Waals surface area contributed by atoms with Crippen LogP contribution in [0.4, 0.5) is 0 Å². The molecular formula is C17H25NO. The lowest BCUT2D eigenvalue weighted by atomic mass is 9.87. The zero-order valence-corrected chi connectivity index (χ0v) is 11.9. The molecule has 1 saturated carbocycles. The summed E-state index contributed by atoms with van der Waals surface area (Å²) in [7, 11) is 0. The molecule has 1 aliphatic heterocycles. The standard InChI is InChI=1S/C17H25NO/c1-2-12-19-15-9-6-14(7-10-15)17-11-8-13-4-3-5-16(13)18-17/h6-7,9-10,13,16-18H,2-5,8,11-12H2,1H3. The van der Waals surface area contributed by atoms with Crippen LogP contribution in [0.3, 0.4) is 0 Å². The van der Waals surface area contributed by atoms with E-state index >= 15 is 0 Å². The predicted octanol–water partition coefficient (Wildman–Crippen LogP) is 4.07. The number of fused-ring (bicyclic) bond motifs is 1. The topological polar surface area (TPSA) is 21.3 Å². The van der Waals surface area contributed by atoms with E-state index in [1.165, 1.54) is 37.7 Å². The second kappa shape index (κ2) is 5.96. The Morgan fingerprint density at radius 1 is 1.11 bits per heavy atom. The Kier molecular flexibility index (Phi) is 4.07. The van der Waals surface area contributed by atoms with E-state index in [0.29, 0.717) is 6.04 Å². The molecule has 0 spiro atoms. The number of nitrogens with one attached hydrogen (secondary N) is 1. The van der Waals surface area contributed by atoms with Crippen molar-refractivity contribution in [1.82, 2.24) is 5.32 Å². The van der Waals surface area contributed by atoms with Crippen molar-refractivity contribution in [3.05, 3.63) is 29.8 Å². The Morgan fingerprint density at radius 2 is 1.95 bits per heavy atom. The summed E-state index contributed by atoms with van der Waals surface area (Å²) in [5, 5.41) is 3.85. The van der Waals surface area contributed by atoms with Crippen LogP contribution < -0.4 is 10.1 Å². The van der Waals surface area contributed by atoms with Gasteiger partial charge in [-0.1, -0.05) is 25.5 Å². The maximum atomic E-state index is 5.65. The first-order valence-corrected chi connectivity index (χ1v) is 7.85. The van der Waals surface area contributed by atoms with Crippen LogP contribution in [0.2, 0.25) is 0 Å². The third kappa shape index (κ3) is 2.94. The number of hydrogen-bond donors (Lipinski definition) is 1. The van der Waals surface area contributed by atoms with Gasteiger partial charge in [0.2, 0.25) is 0 Å². The molecule has 2 heteroatoms. The van der Waals surface area contributed by atoms with Gasteiger partial charge in [0.15, 0.2) is 0 Å². The Bertz CT molecular complexity index is 400. The van der Waals surface area contributed by atoms with Gasteiger partial charge in [-0.15, -0.1) is 0 Å². The highest BCUT2D eigenvalue weighted by atomic mass is 16.5. The first kappa shape index (κ1) is 13.0. The molecule has 1 aromatic carbocycles. The average molecular weight is 259 g/mol. The van der Waals surface area contributed by atoms with Gasteiger partial charge >= 0.3 is 0 Å². The van der Waals surface area contributed by atoms with E-state index in [9.17, 15) is 0 Å². The molecule has 2 fully saturated rings. The van der Waals surface area contributed by atoms with Crippen LogP contribution in [-0.4, -0.2) is 12.6 Å². The highest BCUT2D eigenvalue weighted by molar-refractivity contribution is 5.29. The molecule has 0 radical (unpaired) electrons. The molecule has 3 rings (SSSR count). The molecule has 19 heavy (non-hydrogen) atoms. The molecule has 2 nitrogen and oxygen atoms in total. The molecule has 1 heterocycles. The quantitative estimate of drug-likeness (QED) is 0.880. The van der Waals surface area contributed by atoms with E-state index < -0.39 is 0 Å². The van der Waals surface area contributed by atoms with Crippen LogP contribution in [0.25, 0.3) is 0 Å². The maximum absolute atomic E-state index is 5.65. The minimum atomic E-state index is 0.555. The molecule has 0 aromatic heterocycles. The van der Waals surface area contributed by atoms with Gasteiger partial charge in [-0.05, 0) is 55.7 Å². The lowest BCUT2D eigenvalue weighted by Gasteiger charge is -2.34. The fraction of sp³-hybridized carbons (Fsp3) is 0.647. The van der Waals surface area contributed by atoms with E-state index in [4.69, 9.17) is 4.74 Å². The SMILES string of the molecule is CCCOc1ccc(C2CCC3CCCC3N2)cc1. The van der Waals surface area contributed by atoms with Gasteiger partial charge in [0.25, 0.3) is 0 Å². The van der Waals surface area contributed by atoms with Gasteiger partial charge in [-0.3, -0.25) is 0 Å². The molecule has 3 atom stereocenters. The summed E-state index contributed by atoms with van der Waals surface area (Å²) in [5.41, 5.74) is 1.43. The first-order valence-electron chi connectivity index (χ1n) is 7.85. The van der Waals surface area contributed by atoms with Gasteiger partial charge in [0, 0.05) is 12.1 Å². The molecule has 1 aromatic rings. The number of rotatable bonds is 4. The molecule has 104 valence electrons. The van der Waals surface area contributed by atoms with Gasteiger partial charge in [0.05, 0.1) is 6.61 Å². The van der Waals surface area contributed by atoms with Crippen LogP contribution in [-0.2, 0) is 0 Å². The molecule has 1 saturated heterocycles. The molecule has 0 amide bonds. The number of benzene rings is 1. The maximum Gasteiger partial charge on any atom is 0.119 e. The molecule has 2 aliphatic rings. The highest BCUT2D eigenvalue weighted by Gasteiger charge is 2.33. The molecule has 1 N–H and O–H groups in total. The van der Waals surface area contributed by atoms with Crippen molar-refractivity contribution in [3.63, 3.8) is 0 Å². The molecular weight excluding hydrogens is 234 g/mol. The summed E-state index contributed by atoms with van der Waals surface area (Å²) < 4.78 is 5.65. The minimum absolute atomic E-state index is 0.555. The summed E-state index contributed by atoms with van der Waals surface area (Å²) >= 11 is 0. The van der Waals surface area contributed by atoms with Gasteiger partial charge in [-0.2, -0.15) is 0 Å². The third-order valence-corrected chi connectivity index (χ3v) is 4.66. The van der Waals surface area contributed by atoms with Crippen molar-refractivity contribution < 1.29 is 4.74 Å². The largest absolute Gasteiger partial charge is 0.494 e. The summed E-state index contributed by atoms with van der Waals surface area (Å²) in [6.45, 7) is 2.95. The van der Waals surface area contributed by atoms with Crippen molar-refractivity contribution >= 4 is 0 Å². The Balaban J connectivity index is 1.62. The van der Waals surface area contributed by atoms with Crippen molar-refractivity contribution in [3.8, 4) is 5.75 Å². The fourth-order valence-electron chi connectivity index (χ4n) is 3.60. The Labute approximate surface area is 116 Å². The van der Waals surface area contributed by atoms with Crippen molar-refractivity contribution in [2.75, 3.05) is 6.61 Å². The monoisotopic (exact) mass is 259 g/mol. The van der Waals surface area contributed by atoms with Crippen LogP contribution in [0.5, 0.6) is 5.75 Å². The van der Waals surface area contributed by atoms with Crippen LogP contribution in [0.15, 0.2) is 24.3 Å². The zero-order valence-electron chi connectivity index (χ0n) is 11.9. The van der Waals surface area contributed by atoms with E-state index in [2.05, 4.69) is 36.5 Å². The van der Waals surface area contributed by atoms with E-state index in [1.807, 2.05) is 0 Å². The highest BCUT2D eigenvalue weighted by Crippen LogP contribution is 2.38. The van der Waals surface area contributed by atoms with Crippen LogP contribution in [0, 0.1) is 5.92 Å². The average Bonchev–Trinajstić information content (AvgIpc) is 2.93. The zero-order chi connectivity index (χ0) is 13.1. The minimum Gasteiger partial charge on any atom is -0.494 e. The summed E-state index contributed by atoms with van der Waals surface area (Å²) in [5.74, 6) is 1.95. The molecule has 0 bridgehead atoms. The molecule has 1 aliphatic carbocycles. The molecule has 3 unspecified atom stereocenters. The number of ether oxygens (including phenoxy) is 1. The summed E-state index contributed by atoms with van der Waals surface area (Å²) in [6, 6.07) is 10.0. The van der Waals surface area contributed by atoms with Gasteiger partial charge in [0.1, 0.15) is 5.75 Å². The van der Waals surface area contributed by atoms with Crippen molar-refractivity contribution in [1.29, 1.82) is 0 Å². The second-order valence-electron chi connectivity index (χ2n) is 6.01. The van der Waals surface area contributed by atoms with Crippen molar-refractivity contribution in [2.24, 2.45) is 5.92 Å². The second-order valence-corrected chi connectivity index (χ2v) is 6.01. The van der Waals surface area contributed by atoms with Crippen LogP contribution >= 0.6 is 0 Å². The number of piperidine rings is 1. The summed E-state index contributed by atoms with van der Waals surface area (Å²) in [4.78, 5) is 0. The van der Waals surface area contributed by atoms with E-state index in [0.717, 1.165) is 30.7 Å². The van der Waals surface area contributed by atoms with E-state index in [1.54, 1.807) is 0 Å². The van der Waals surface area contributed by atoms with Gasteiger partial charge < -0.3 is 10.1 Å². The smallest absolute Gasteiger partial charge is 0.119 e. The lowest BCUT2D eigenvalue weighted by Crippen LogP contribution is -2.40. The third-order valence-electron chi connectivity index (χ3n) is 4.66. The Hall–Kier alpha value is -1.02. The number of hydrogen-bond acceptors (Lipinski definition) is 2. The predicted molar refractivity (Wildman–Crippen MR) is 78.5 cm³/mol. The van der Waals surface area contributed by atoms with Crippen molar-refractivity contribution in [2.45, 2.75) is 57.5 Å². The lowest BCUT2D eigenvalue weighted by molar-refractivity contribution is 0.261. The fourth-order valence-corrected chi connectivity index (χ4v) is 3.60. The van der Waals surface area contributed by atoms with Crippen LogP contribution in [0.1, 0.15) is 57.1 Å².